The van der Waals surface area contributed by atoms with Gasteiger partial charge in [-0.05, 0) is 36.2 Å². The van der Waals surface area contributed by atoms with Crippen molar-refractivity contribution in [1.29, 1.82) is 5.26 Å². The smallest absolute Gasteiger partial charge is 0.133 e. The number of halogens is 1. The van der Waals surface area contributed by atoms with Crippen LogP contribution in [0.2, 0.25) is 5.15 Å². The second-order valence-electron chi connectivity index (χ2n) is 3.70. The number of hydrogen-bond acceptors (Lipinski definition) is 2. The first-order valence-electron chi connectivity index (χ1n) is 5.47. The van der Waals surface area contributed by atoms with Crippen molar-refractivity contribution in [2.45, 2.75) is 6.42 Å². The topological polar surface area (TPSA) is 36.7 Å². The van der Waals surface area contributed by atoms with Crippen LogP contribution in [0.1, 0.15) is 16.7 Å². The second kappa shape index (κ2) is 6.00. The van der Waals surface area contributed by atoms with Crippen molar-refractivity contribution < 1.29 is 0 Å². The molecule has 2 nitrogen and oxygen atoms in total. The fraction of sp³-hybridized carbons (Fsp3) is 0.0667. The van der Waals surface area contributed by atoms with Gasteiger partial charge in [0.15, 0.2) is 0 Å². The summed E-state index contributed by atoms with van der Waals surface area (Å²) in [7, 11) is 0. The Balaban J connectivity index is 2.03. The zero-order chi connectivity index (χ0) is 12.8. The van der Waals surface area contributed by atoms with Crippen LogP contribution in [0.4, 0.5) is 0 Å². The Kier molecular flexibility index (Phi) is 4.11. The molecule has 0 saturated heterocycles. The van der Waals surface area contributed by atoms with Crippen molar-refractivity contribution in [3.8, 4) is 6.07 Å². The van der Waals surface area contributed by atoms with E-state index in [0.717, 1.165) is 11.1 Å². The molecule has 18 heavy (non-hydrogen) atoms. The molecule has 1 radical (unpaired) electrons. The Bertz CT molecular complexity index is 595. The normalized spacial score (nSPS) is 10.4. The van der Waals surface area contributed by atoms with E-state index in [1.807, 2.05) is 24.3 Å². The summed E-state index contributed by atoms with van der Waals surface area (Å²) in [5.41, 5.74) is 2.59. The minimum Gasteiger partial charge on any atom is -0.244 e. The maximum absolute atomic E-state index is 8.69. The van der Waals surface area contributed by atoms with Gasteiger partial charge in [-0.1, -0.05) is 35.9 Å². The summed E-state index contributed by atoms with van der Waals surface area (Å²) >= 11 is 5.93. The Morgan fingerprint density at radius 1 is 1.33 bits per heavy atom. The van der Waals surface area contributed by atoms with Crippen molar-refractivity contribution in [3.05, 3.63) is 70.5 Å². The largest absolute Gasteiger partial charge is 0.244 e. The molecule has 0 aliphatic carbocycles. The number of hydrogen-bond donors (Lipinski definition) is 0. The average Bonchev–Trinajstić information content (AvgIpc) is 2.42. The first kappa shape index (κ1) is 12.3. The number of allylic oxidation sites excluding steroid dienone is 1. The van der Waals surface area contributed by atoms with Crippen LogP contribution >= 0.6 is 11.6 Å². The van der Waals surface area contributed by atoms with Gasteiger partial charge >= 0.3 is 0 Å². The molecule has 0 unspecified atom stereocenters. The second-order valence-corrected chi connectivity index (χ2v) is 4.06. The Labute approximate surface area is 111 Å². The molecule has 0 amide bonds. The van der Waals surface area contributed by atoms with Gasteiger partial charge in [0.25, 0.3) is 0 Å². The highest BCUT2D eigenvalue weighted by Crippen LogP contribution is 2.13. The highest BCUT2D eigenvalue weighted by atomic mass is 35.5. The predicted octanol–water partition coefficient (Wildman–Crippen LogP) is 3.66. The van der Waals surface area contributed by atoms with Gasteiger partial charge in [0, 0.05) is 11.8 Å². The van der Waals surface area contributed by atoms with Gasteiger partial charge in [-0.25, -0.2) is 4.98 Å². The molecule has 2 aromatic rings. The van der Waals surface area contributed by atoms with Gasteiger partial charge in [0.05, 0.1) is 11.6 Å². The standard InChI is InChI=1S/C15H10ClN2/c16-15-14(5-2-10-18-15)4-1-3-12-6-8-13(11-17)9-7-12/h1-3,6-10H,4H2. The summed E-state index contributed by atoms with van der Waals surface area (Å²) < 4.78 is 0. The van der Waals surface area contributed by atoms with Gasteiger partial charge in [0.1, 0.15) is 5.15 Å². The summed E-state index contributed by atoms with van der Waals surface area (Å²) in [6.07, 6.45) is 6.29. The zero-order valence-corrected chi connectivity index (χ0v) is 10.4. The molecule has 0 fully saturated rings. The van der Waals surface area contributed by atoms with Gasteiger partial charge < -0.3 is 0 Å². The van der Waals surface area contributed by atoms with E-state index in [2.05, 4.69) is 17.1 Å². The molecule has 0 aliphatic heterocycles. The van der Waals surface area contributed by atoms with E-state index in [1.54, 1.807) is 24.4 Å². The lowest BCUT2D eigenvalue weighted by atomic mass is 10.1. The molecule has 0 N–H and O–H groups in total. The molecule has 2 rings (SSSR count). The molecule has 0 saturated carbocycles. The van der Waals surface area contributed by atoms with Crippen LogP contribution in [0.25, 0.3) is 6.08 Å². The zero-order valence-electron chi connectivity index (χ0n) is 9.60. The molecule has 1 aromatic carbocycles. The van der Waals surface area contributed by atoms with E-state index in [4.69, 9.17) is 16.9 Å². The maximum Gasteiger partial charge on any atom is 0.133 e. The van der Waals surface area contributed by atoms with Gasteiger partial charge in [-0.15, -0.1) is 0 Å². The van der Waals surface area contributed by atoms with Crippen molar-refractivity contribution in [2.24, 2.45) is 0 Å². The number of aromatic nitrogens is 1. The average molecular weight is 254 g/mol. The van der Waals surface area contributed by atoms with Gasteiger partial charge in [-0.2, -0.15) is 5.26 Å². The number of nitriles is 1. The highest BCUT2D eigenvalue weighted by Gasteiger charge is 1.97. The van der Waals surface area contributed by atoms with Crippen LogP contribution in [0.15, 0.2) is 42.6 Å². The molecule has 0 spiro atoms. The van der Waals surface area contributed by atoms with Crippen molar-refractivity contribution in [3.63, 3.8) is 0 Å². The molecule has 1 heterocycles. The third-order valence-electron chi connectivity index (χ3n) is 2.44. The molecule has 0 atom stereocenters. The summed E-state index contributed by atoms with van der Waals surface area (Å²) in [6.45, 7) is 0. The van der Waals surface area contributed by atoms with Crippen LogP contribution in [0.5, 0.6) is 0 Å². The van der Waals surface area contributed by atoms with Crippen LogP contribution in [-0.2, 0) is 6.42 Å². The fourth-order valence-electron chi connectivity index (χ4n) is 1.50. The lowest BCUT2D eigenvalue weighted by Gasteiger charge is -1.98. The van der Waals surface area contributed by atoms with E-state index in [1.165, 1.54) is 0 Å². The van der Waals surface area contributed by atoms with Crippen LogP contribution in [0.3, 0.4) is 0 Å². The molecule has 0 bridgehead atoms. The first-order chi connectivity index (χ1) is 8.79. The Hall–Kier alpha value is -2.11. The lowest BCUT2D eigenvalue weighted by Crippen LogP contribution is -1.85. The van der Waals surface area contributed by atoms with Crippen LogP contribution in [-0.4, -0.2) is 4.98 Å². The number of pyridine rings is 1. The van der Waals surface area contributed by atoms with E-state index < -0.39 is 0 Å². The molecule has 1 aromatic heterocycles. The molecule has 3 heteroatoms. The van der Waals surface area contributed by atoms with Crippen LogP contribution in [0, 0.1) is 17.4 Å². The lowest BCUT2D eigenvalue weighted by molar-refractivity contribution is 1.19. The van der Waals surface area contributed by atoms with Crippen molar-refractivity contribution in [2.75, 3.05) is 0 Å². The highest BCUT2D eigenvalue weighted by molar-refractivity contribution is 6.30. The number of rotatable bonds is 3. The summed E-state index contributed by atoms with van der Waals surface area (Å²) in [4.78, 5) is 3.99. The Morgan fingerprint density at radius 2 is 2.11 bits per heavy atom. The first-order valence-corrected chi connectivity index (χ1v) is 5.85. The van der Waals surface area contributed by atoms with Crippen molar-refractivity contribution in [1.82, 2.24) is 4.98 Å². The Morgan fingerprint density at radius 3 is 2.78 bits per heavy atom. The predicted molar refractivity (Wildman–Crippen MR) is 72.0 cm³/mol. The minimum absolute atomic E-state index is 0.488. The maximum atomic E-state index is 8.69. The number of benzene rings is 1. The van der Waals surface area contributed by atoms with E-state index >= 15 is 0 Å². The SMILES string of the molecule is N#Cc1ccc(C=CCc2[c]ccnc2Cl)cc1. The number of nitrogens with zero attached hydrogens (tertiary/aromatic N) is 2. The fourth-order valence-corrected chi connectivity index (χ4v) is 1.69. The quantitative estimate of drug-likeness (QED) is 0.783. The summed E-state index contributed by atoms with van der Waals surface area (Å²) in [5.74, 6) is 0. The minimum atomic E-state index is 0.488. The van der Waals surface area contributed by atoms with E-state index in [-0.39, 0.29) is 0 Å². The summed E-state index contributed by atoms with van der Waals surface area (Å²) in [6, 6.07) is 14.3. The third-order valence-corrected chi connectivity index (χ3v) is 2.77. The molecular formula is C15H10ClN2. The van der Waals surface area contributed by atoms with Gasteiger partial charge in [-0.3, -0.25) is 0 Å². The third kappa shape index (κ3) is 3.19. The van der Waals surface area contributed by atoms with E-state index in [0.29, 0.717) is 17.1 Å². The molecular weight excluding hydrogens is 244 g/mol. The monoisotopic (exact) mass is 253 g/mol. The molecule has 0 aliphatic rings. The van der Waals surface area contributed by atoms with Crippen molar-refractivity contribution >= 4 is 17.7 Å². The molecule has 87 valence electrons. The summed E-state index contributed by atoms with van der Waals surface area (Å²) in [5, 5.41) is 9.18. The van der Waals surface area contributed by atoms with Crippen LogP contribution < -0.4 is 0 Å². The van der Waals surface area contributed by atoms with Gasteiger partial charge in [0.2, 0.25) is 0 Å². The van der Waals surface area contributed by atoms with E-state index in [9.17, 15) is 0 Å².